The molecule has 1 aliphatic rings. The third kappa shape index (κ3) is 1.80. The fourth-order valence-corrected chi connectivity index (χ4v) is 2.23. The van der Waals surface area contributed by atoms with Crippen LogP contribution < -0.4 is 11.1 Å². The lowest BCUT2D eigenvalue weighted by molar-refractivity contribution is -0.115. The van der Waals surface area contributed by atoms with Gasteiger partial charge in [0.15, 0.2) is 0 Å². The molecule has 92 valence electrons. The molecule has 0 fully saturated rings. The van der Waals surface area contributed by atoms with Gasteiger partial charge in [-0.25, -0.2) is 0 Å². The van der Waals surface area contributed by atoms with E-state index >= 15 is 0 Å². The molecule has 4 heteroatoms. The number of furan rings is 1. The third-order valence-corrected chi connectivity index (χ3v) is 3.18. The number of rotatable bonds is 2. The van der Waals surface area contributed by atoms with Gasteiger partial charge in [0.1, 0.15) is 11.5 Å². The van der Waals surface area contributed by atoms with Crippen LogP contribution in [-0.4, -0.2) is 5.91 Å². The van der Waals surface area contributed by atoms with Gasteiger partial charge in [-0.15, -0.1) is 0 Å². The molecule has 1 unspecified atom stereocenters. The van der Waals surface area contributed by atoms with Crippen LogP contribution in [-0.2, 0) is 11.2 Å². The number of hydrogen-bond acceptors (Lipinski definition) is 3. The number of carbonyl (C=O) groups excluding carboxylic acids is 1. The summed E-state index contributed by atoms with van der Waals surface area (Å²) in [6.45, 7) is 1.89. The maximum atomic E-state index is 11.3. The zero-order chi connectivity index (χ0) is 12.7. The van der Waals surface area contributed by atoms with Crippen LogP contribution in [0.5, 0.6) is 0 Å². The van der Waals surface area contributed by atoms with Crippen LogP contribution in [0.2, 0.25) is 0 Å². The van der Waals surface area contributed by atoms with Gasteiger partial charge in [0, 0.05) is 5.69 Å². The number of amides is 1. The molecule has 1 aromatic carbocycles. The smallest absolute Gasteiger partial charge is 0.228 e. The molecule has 4 nitrogen and oxygen atoms in total. The van der Waals surface area contributed by atoms with E-state index < -0.39 is 0 Å². The van der Waals surface area contributed by atoms with E-state index in [-0.39, 0.29) is 11.9 Å². The topological polar surface area (TPSA) is 68.3 Å². The standard InChI is InChI=1S/C14H14N2O2/c1-8-2-5-12(18-8)14(15)9-3-4-11-10(6-9)7-13(17)16-11/h2-6,14H,7,15H2,1H3,(H,16,17). The molecule has 0 saturated heterocycles. The van der Waals surface area contributed by atoms with Crippen LogP contribution in [0.3, 0.4) is 0 Å². The Morgan fingerprint density at radius 3 is 2.89 bits per heavy atom. The summed E-state index contributed by atoms with van der Waals surface area (Å²) in [5, 5.41) is 2.80. The largest absolute Gasteiger partial charge is 0.464 e. The summed E-state index contributed by atoms with van der Waals surface area (Å²) < 4.78 is 5.53. The van der Waals surface area contributed by atoms with Crippen molar-refractivity contribution in [2.75, 3.05) is 5.32 Å². The molecule has 0 saturated carbocycles. The van der Waals surface area contributed by atoms with Crippen LogP contribution in [0.15, 0.2) is 34.7 Å². The Balaban J connectivity index is 1.94. The second-order valence-corrected chi connectivity index (χ2v) is 4.57. The number of hydrogen-bond donors (Lipinski definition) is 2. The Morgan fingerprint density at radius 1 is 1.33 bits per heavy atom. The van der Waals surface area contributed by atoms with Crippen molar-refractivity contribution in [1.29, 1.82) is 0 Å². The van der Waals surface area contributed by atoms with Gasteiger partial charge in [0.05, 0.1) is 12.5 Å². The zero-order valence-corrected chi connectivity index (χ0v) is 10.1. The fraction of sp³-hybridized carbons (Fsp3) is 0.214. The second kappa shape index (κ2) is 3.99. The first-order valence-corrected chi connectivity index (χ1v) is 5.88. The van der Waals surface area contributed by atoms with Gasteiger partial charge in [0.2, 0.25) is 5.91 Å². The molecule has 1 amide bonds. The number of nitrogens with two attached hydrogens (primary N) is 1. The first-order valence-electron chi connectivity index (χ1n) is 5.88. The highest BCUT2D eigenvalue weighted by Gasteiger charge is 2.20. The highest BCUT2D eigenvalue weighted by atomic mass is 16.3. The molecule has 3 N–H and O–H groups in total. The minimum Gasteiger partial charge on any atom is -0.464 e. The van der Waals surface area contributed by atoms with E-state index in [0.717, 1.165) is 28.3 Å². The molecule has 0 spiro atoms. The van der Waals surface area contributed by atoms with E-state index in [1.807, 2.05) is 37.3 Å². The van der Waals surface area contributed by atoms with Crippen molar-refractivity contribution in [3.05, 3.63) is 53.0 Å². The molecule has 0 bridgehead atoms. The summed E-state index contributed by atoms with van der Waals surface area (Å²) in [7, 11) is 0. The van der Waals surface area contributed by atoms with E-state index in [0.29, 0.717) is 6.42 Å². The first kappa shape index (κ1) is 11.0. The van der Waals surface area contributed by atoms with Crippen LogP contribution in [0.1, 0.15) is 28.7 Å². The number of nitrogens with one attached hydrogen (secondary N) is 1. The average molecular weight is 242 g/mol. The third-order valence-electron chi connectivity index (χ3n) is 3.18. The SMILES string of the molecule is Cc1ccc(C(N)c2ccc3c(c2)CC(=O)N3)o1. The monoisotopic (exact) mass is 242 g/mol. The first-order chi connectivity index (χ1) is 8.63. The maximum absolute atomic E-state index is 11.3. The Labute approximate surface area is 105 Å². The molecule has 1 aromatic heterocycles. The summed E-state index contributed by atoms with van der Waals surface area (Å²) in [6, 6.07) is 9.28. The maximum Gasteiger partial charge on any atom is 0.228 e. The van der Waals surface area contributed by atoms with Crippen molar-refractivity contribution in [3.8, 4) is 0 Å². The minimum absolute atomic E-state index is 0.0320. The van der Waals surface area contributed by atoms with Gasteiger partial charge in [-0.3, -0.25) is 4.79 Å². The molecular formula is C14H14N2O2. The van der Waals surface area contributed by atoms with Gasteiger partial charge in [0.25, 0.3) is 0 Å². The van der Waals surface area contributed by atoms with Crippen molar-refractivity contribution in [3.63, 3.8) is 0 Å². The van der Waals surface area contributed by atoms with Gasteiger partial charge in [-0.05, 0) is 36.2 Å². The molecule has 2 aromatic rings. The molecule has 0 radical (unpaired) electrons. The van der Waals surface area contributed by atoms with Crippen molar-refractivity contribution in [2.45, 2.75) is 19.4 Å². The van der Waals surface area contributed by atoms with E-state index in [9.17, 15) is 4.79 Å². The van der Waals surface area contributed by atoms with Crippen LogP contribution in [0.4, 0.5) is 5.69 Å². The van der Waals surface area contributed by atoms with Crippen molar-refractivity contribution < 1.29 is 9.21 Å². The number of anilines is 1. The Morgan fingerprint density at radius 2 is 2.17 bits per heavy atom. The highest BCUT2D eigenvalue weighted by Crippen LogP contribution is 2.28. The second-order valence-electron chi connectivity index (χ2n) is 4.57. The predicted molar refractivity (Wildman–Crippen MR) is 68.3 cm³/mol. The molecule has 2 heterocycles. The molecule has 0 aliphatic carbocycles. The van der Waals surface area contributed by atoms with E-state index in [1.54, 1.807) is 0 Å². The van der Waals surface area contributed by atoms with Gasteiger partial charge >= 0.3 is 0 Å². The Bertz CT molecular complexity index is 616. The van der Waals surface area contributed by atoms with Crippen LogP contribution in [0, 0.1) is 6.92 Å². The average Bonchev–Trinajstić information content (AvgIpc) is 2.92. The van der Waals surface area contributed by atoms with Gasteiger partial charge < -0.3 is 15.5 Å². The number of aryl methyl sites for hydroxylation is 1. The molecule has 18 heavy (non-hydrogen) atoms. The summed E-state index contributed by atoms with van der Waals surface area (Å²) in [5.41, 5.74) is 8.99. The summed E-state index contributed by atoms with van der Waals surface area (Å²) in [4.78, 5) is 11.3. The normalized spacial score (nSPS) is 15.3. The van der Waals surface area contributed by atoms with Gasteiger partial charge in [-0.1, -0.05) is 12.1 Å². The van der Waals surface area contributed by atoms with Crippen molar-refractivity contribution >= 4 is 11.6 Å². The lowest BCUT2D eigenvalue weighted by Gasteiger charge is -2.10. The molecular weight excluding hydrogens is 228 g/mol. The highest BCUT2D eigenvalue weighted by molar-refractivity contribution is 5.99. The number of carbonyl (C=O) groups is 1. The number of benzene rings is 1. The molecule has 3 rings (SSSR count). The lowest BCUT2D eigenvalue weighted by Crippen LogP contribution is -2.11. The fourth-order valence-electron chi connectivity index (χ4n) is 2.23. The van der Waals surface area contributed by atoms with Crippen molar-refractivity contribution in [1.82, 2.24) is 0 Å². The Hall–Kier alpha value is -2.07. The molecule has 1 atom stereocenters. The van der Waals surface area contributed by atoms with Gasteiger partial charge in [-0.2, -0.15) is 0 Å². The van der Waals surface area contributed by atoms with E-state index in [4.69, 9.17) is 10.2 Å². The zero-order valence-electron chi connectivity index (χ0n) is 10.1. The predicted octanol–water partition coefficient (Wildman–Crippen LogP) is 2.13. The van der Waals surface area contributed by atoms with Crippen LogP contribution >= 0.6 is 0 Å². The number of fused-ring (bicyclic) bond motifs is 1. The molecule has 1 aliphatic heterocycles. The summed E-state index contributed by atoms with van der Waals surface area (Å²) in [6.07, 6.45) is 0.424. The van der Waals surface area contributed by atoms with Crippen molar-refractivity contribution in [2.24, 2.45) is 5.73 Å². The summed E-state index contributed by atoms with van der Waals surface area (Å²) >= 11 is 0. The Kier molecular flexibility index (Phi) is 2.45. The van der Waals surface area contributed by atoms with Crippen LogP contribution in [0.25, 0.3) is 0 Å². The quantitative estimate of drug-likeness (QED) is 0.847. The summed E-state index contributed by atoms with van der Waals surface area (Å²) in [5.74, 6) is 1.62. The lowest BCUT2D eigenvalue weighted by atomic mass is 10.0. The minimum atomic E-state index is -0.292. The van der Waals surface area contributed by atoms with E-state index in [1.165, 1.54) is 0 Å². The van der Waals surface area contributed by atoms with E-state index in [2.05, 4.69) is 5.32 Å².